The van der Waals surface area contributed by atoms with Crippen molar-refractivity contribution in [1.82, 2.24) is 10.2 Å². The standard InChI is InChI=1S/C24H24N4O4/c1-12-6-7-14(10-13(12)2)20-19-18(16(11-25)23(26)32-24(19)28-27-20)15-8-9-17(29-3)22(31-5)21(15)30-4/h6-10,18H,26H2,1-5H3,(H,27,28). The number of hydrogen-bond donors (Lipinski definition) is 2. The molecule has 4 rings (SSSR count). The first-order chi connectivity index (χ1) is 15.4. The highest BCUT2D eigenvalue weighted by Crippen LogP contribution is 2.51. The van der Waals surface area contributed by atoms with Crippen molar-refractivity contribution in [1.29, 1.82) is 5.26 Å². The van der Waals surface area contributed by atoms with E-state index in [0.717, 1.165) is 16.8 Å². The van der Waals surface area contributed by atoms with E-state index in [1.807, 2.05) is 25.1 Å². The molecule has 2 aromatic carbocycles. The quantitative estimate of drug-likeness (QED) is 0.627. The molecule has 8 heteroatoms. The van der Waals surface area contributed by atoms with Crippen LogP contribution in [0.4, 0.5) is 0 Å². The maximum Gasteiger partial charge on any atom is 0.244 e. The van der Waals surface area contributed by atoms with Gasteiger partial charge in [-0.05, 0) is 37.1 Å². The highest BCUT2D eigenvalue weighted by Gasteiger charge is 2.38. The Balaban J connectivity index is 2.01. The predicted molar refractivity (Wildman–Crippen MR) is 119 cm³/mol. The van der Waals surface area contributed by atoms with Crippen LogP contribution in [-0.2, 0) is 0 Å². The van der Waals surface area contributed by atoms with Gasteiger partial charge in [0.05, 0.1) is 38.5 Å². The lowest BCUT2D eigenvalue weighted by molar-refractivity contribution is 0.321. The van der Waals surface area contributed by atoms with Gasteiger partial charge in [-0.3, -0.25) is 5.10 Å². The van der Waals surface area contributed by atoms with Gasteiger partial charge < -0.3 is 24.7 Å². The van der Waals surface area contributed by atoms with E-state index in [1.54, 1.807) is 20.3 Å². The average Bonchev–Trinajstić information content (AvgIpc) is 3.22. The third kappa shape index (κ3) is 3.19. The lowest BCUT2D eigenvalue weighted by Crippen LogP contribution is -2.21. The van der Waals surface area contributed by atoms with Gasteiger partial charge in [-0.2, -0.15) is 5.26 Å². The van der Waals surface area contributed by atoms with Crippen LogP contribution < -0.4 is 24.7 Å². The average molecular weight is 432 g/mol. The molecule has 32 heavy (non-hydrogen) atoms. The van der Waals surface area contributed by atoms with Crippen LogP contribution in [0.1, 0.15) is 28.2 Å². The summed E-state index contributed by atoms with van der Waals surface area (Å²) in [4.78, 5) is 0. The maximum atomic E-state index is 9.99. The number of allylic oxidation sites excluding steroid dienone is 1. The fourth-order valence-electron chi connectivity index (χ4n) is 4.02. The van der Waals surface area contributed by atoms with Crippen LogP contribution in [-0.4, -0.2) is 31.5 Å². The number of nitrogens with two attached hydrogens (primary N) is 1. The number of nitrogens with one attached hydrogen (secondary N) is 1. The van der Waals surface area contributed by atoms with E-state index in [2.05, 4.69) is 29.3 Å². The third-order valence-electron chi connectivity index (χ3n) is 5.78. The van der Waals surface area contributed by atoms with Gasteiger partial charge in [0.25, 0.3) is 0 Å². The number of fused-ring (bicyclic) bond motifs is 1. The predicted octanol–water partition coefficient (Wildman–Crippen LogP) is 3.94. The summed E-state index contributed by atoms with van der Waals surface area (Å²) in [6.07, 6.45) is 0. The van der Waals surface area contributed by atoms with E-state index in [4.69, 9.17) is 24.7 Å². The summed E-state index contributed by atoms with van der Waals surface area (Å²) in [5.41, 5.74) is 11.7. The van der Waals surface area contributed by atoms with Crippen molar-refractivity contribution in [3.8, 4) is 40.5 Å². The monoisotopic (exact) mass is 432 g/mol. The number of benzene rings is 2. The van der Waals surface area contributed by atoms with E-state index in [0.29, 0.717) is 34.3 Å². The summed E-state index contributed by atoms with van der Waals surface area (Å²) in [6, 6.07) is 11.9. The smallest absolute Gasteiger partial charge is 0.244 e. The second-order valence-electron chi connectivity index (χ2n) is 7.46. The fraction of sp³-hybridized carbons (Fsp3) is 0.250. The van der Waals surface area contributed by atoms with E-state index in [-0.39, 0.29) is 11.5 Å². The van der Waals surface area contributed by atoms with Crippen molar-refractivity contribution in [3.63, 3.8) is 0 Å². The Hall–Kier alpha value is -4.12. The second kappa shape index (κ2) is 8.19. The Labute approximate surface area is 186 Å². The molecule has 1 aliphatic heterocycles. The van der Waals surface area contributed by atoms with Crippen molar-refractivity contribution in [2.24, 2.45) is 5.73 Å². The lowest BCUT2D eigenvalue weighted by Gasteiger charge is -2.26. The molecular weight excluding hydrogens is 408 g/mol. The molecule has 0 saturated heterocycles. The van der Waals surface area contributed by atoms with Gasteiger partial charge in [0.15, 0.2) is 11.5 Å². The molecule has 8 nitrogen and oxygen atoms in total. The Morgan fingerprint density at radius 2 is 1.78 bits per heavy atom. The second-order valence-corrected chi connectivity index (χ2v) is 7.46. The Morgan fingerprint density at radius 3 is 2.41 bits per heavy atom. The minimum absolute atomic E-state index is 0.0000235. The highest BCUT2D eigenvalue weighted by atomic mass is 16.5. The normalized spacial score (nSPS) is 14.9. The van der Waals surface area contributed by atoms with Crippen molar-refractivity contribution in [2.75, 3.05) is 21.3 Å². The number of nitriles is 1. The summed E-state index contributed by atoms with van der Waals surface area (Å²) < 4.78 is 22.4. The molecule has 1 atom stereocenters. The number of aromatic nitrogens is 2. The van der Waals surface area contributed by atoms with E-state index in [9.17, 15) is 5.26 Å². The number of rotatable bonds is 5. The topological polar surface area (TPSA) is 115 Å². The summed E-state index contributed by atoms with van der Waals surface area (Å²) in [5.74, 6) is 1.10. The van der Waals surface area contributed by atoms with Crippen LogP contribution in [0.5, 0.6) is 23.1 Å². The summed E-state index contributed by atoms with van der Waals surface area (Å²) in [7, 11) is 4.63. The van der Waals surface area contributed by atoms with Crippen molar-refractivity contribution < 1.29 is 18.9 Å². The highest BCUT2D eigenvalue weighted by molar-refractivity contribution is 5.73. The SMILES string of the molecule is COc1ccc(C2C(C#N)=C(N)Oc3n[nH]c(-c4ccc(C)c(C)c4)c32)c(OC)c1OC. The van der Waals surface area contributed by atoms with Crippen LogP contribution in [0.3, 0.4) is 0 Å². The zero-order valence-electron chi connectivity index (χ0n) is 18.6. The van der Waals surface area contributed by atoms with Crippen LogP contribution in [0.25, 0.3) is 11.3 Å². The number of aromatic amines is 1. The van der Waals surface area contributed by atoms with Gasteiger partial charge in [0, 0.05) is 11.1 Å². The molecule has 0 aliphatic carbocycles. The third-order valence-corrected chi connectivity index (χ3v) is 5.78. The molecule has 0 saturated carbocycles. The maximum absolute atomic E-state index is 9.99. The van der Waals surface area contributed by atoms with Crippen molar-refractivity contribution in [2.45, 2.75) is 19.8 Å². The molecule has 0 spiro atoms. The molecule has 0 radical (unpaired) electrons. The van der Waals surface area contributed by atoms with E-state index < -0.39 is 5.92 Å². The zero-order chi connectivity index (χ0) is 23.0. The molecule has 0 bridgehead atoms. The molecule has 2 heterocycles. The number of H-pyrrole nitrogens is 1. The van der Waals surface area contributed by atoms with Gasteiger partial charge in [-0.25, -0.2) is 0 Å². The van der Waals surface area contributed by atoms with Crippen LogP contribution in [0, 0.1) is 25.2 Å². The van der Waals surface area contributed by atoms with Gasteiger partial charge in [-0.15, -0.1) is 5.10 Å². The molecular formula is C24H24N4O4. The summed E-state index contributed by atoms with van der Waals surface area (Å²) in [6.45, 7) is 4.10. The van der Waals surface area contributed by atoms with Gasteiger partial charge in [0.1, 0.15) is 11.6 Å². The van der Waals surface area contributed by atoms with Crippen LogP contribution in [0.15, 0.2) is 41.8 Å². The Morgan fingerprint density at radius 1 is 1.03 bits per heavy atom. The number of nitrogens with zero attached hydrogens (tertiary/aromatic N) is 2. The molecule has 1 unspecified atom stereocenters. The first-order valence-corrected chi connectivity index (χ1v) is 9.97. The Bertz CT molecular complexity index is 1270. The van der Waals surface area contributed by atoms with Gasteiger partial charge in [0.2, 0.25) is 17.5 Å². The fourth-order valence-corrected chi connectivity index (χ4v) is 4.02. The van der Waals surface area contributed by atoms with E-state index >= 15 is 0 Å². The number of aryl methyl sites for hydroxylation is 2. The molecule has 1 aliphatic rings. The van der Waals surface area contributed by atoms with Crippen molar-refractivity contribution >= 4 is 0 Å². The van der Waals surface area contributed by atoms with Crippen LogP contribution >= 0.6 is 0 Å². The summed E-state index contributed by atoms with van der Waals surface area (Å²) >= 11 is 0. The number of methoxy groups -OCH3 is 3. The minimum Gasteiger partial charge on any atom is -0.493 e. The zero-order valence-corrected chi connectivity index (χ0v) is 18.6. The first-order valence-electron chi connectivity index (χ1n) is 9.97. The molecule has 0 fully saturated rings. The molecule has 0 amide bonds. The van der Waals surface area contributed by atoms with E-state index in [1.165, 1.54) is 12.7 Å². The number of ether oxygens (including phenoxy) is 4. The minimum atomic E-state index is -0.589. The lowest BCUT2D eigenvalue weighted by atomic mass is 9.82. The number of hydrogen-bond acceptors (Lipinski definition) is 7. The Kier molecular flexibility index (Phi) is 5.41. The van der Waals surface area contributed by atoms with Crippen molar-refractivity contribution in [3.05, 3.63) is 64.0 Å². The van der Waals surface area contributed by atoms with Gasteiger partial charge in [-0.1, -0.05) is 18.2 Å². The first kappa shape index (κ1) is 21.1. The molecule has 164 valence electrons. The largest absolute Gasteiger partial charge is 0.493 e. The summed E-state index contributed by atoms with van der Waals surface area (Å²) in [5, 5.41) is 17.4. The molecule has 3 N–H and O–H groups in total. The molecule has 1 aromatic heterocycles. The van der Waals surface area contributed by atoms with Gasteiger partial charge >= 0.3 is 0 Å². The van der Waals surface area contributed by atoms with Crippen LogP contribution in [0.2, 0.25) is 0 Å². The molecule has 3 aromatic rings.